The van der Waals surface area contributed by atoms with Crippen LogP contribution in [0, 0.1) is 0 Å². The summed E-state index contributed by atoms with van der Waals surface area (Å²) in [6, 6.07) is 25.6. The van der Waals surface area contributed by atoms with Crippen LogP contribution in [-0.2, 0) is 25.7 Å². The van der Waals surface area contributed by atoms with E-state index >= 15 is 0 Å². The SMILES string of the molecule is O=C(CCCCCC(=O)Nc1ccc(C2OC(CSc3ccccc3)CC(c3ccc(CO)cc3)O2)cc1)NO. The topological polar surface area (TPSA) is 117 Å². The second-order valence-corrected chi connectivity index (χ2v) is 10.8. The third-order valence-corrected chi connectivity index (χ3v) is 7.84. The van der Waals surface area contributed by atoms with Crippen molar-refractivity contribution in [3.63, 3.8) is 0 Å². The van der Waals surface area contributed by atoms with Gasteiger partial charge in [0.05, 0.1) is 18.8 Å². The number of carbonyl (C=O) groups excluding carboxylic acids is 2. The molecule has 3 aromatic rings. The van der Waals surface area contributed by atoms with Crippen molar-refractivity contribution in [3.05, 3.63) is 95.6 Å². The Morgan fingerprint density at radius 3 is 2.17 bits per heavy atom. The van der Waals surface area contributed by atoms with Crippen LogP contribution in [0.15, 0.2) is 83.8 Å². The summed E-state index contributed by atoms with van der Waals surface area (Å²) in [7, 11) is 0. The molecule has 4 N–H and O–H groups in total. The van der Waals surface area contributed by atoms with Gasteiger partial charge in [-0.05, 0) is 48.2 Å². The van der Waals surface area contributed by atoms with E-state index in [1.165, 1.54) is 4.90 Å². The average Bonchev–Trinajstić information content (AvgIpc) is 3.00. The van der Waals surface area contributed by atoms with E-state index in [9.17, 15) is 14.7 Å². The van der Waals surface area contributed by atoms with Gasteiger partial charge in [0.2, 0.25) is 11.8 Å². The summed E-state index contributed by atoms with van der Waals surface area (Å²) in [5.74, 6) is 0.282. The number of aliphatic hydroxyl groups excluding tert-OH is 1. The number of amides is 2. The number of ether oxygens (including phenoxy) is 2. The molecule has 3 unspecified atom stereocenters. The van der Waals surface area contributed by atoms with Gasteiger partial charge < -0.3 is 19.9 Å². The monoisotopic (exact) mass is 564 g/mol. The molecule has 1 aliphatic rings. The van der Waals surface area contributed by atoms with E-state index in [4.69, 9.17) is 14.7 Å². The van der Waals surface area contributed by atoms with Gasteiger partial charge in [0, 0.05) is 41.2 Å². The number of hydroxylamine groups is 1. The highest BCUT2D eigenvalue weighted by molar-refractivity contribution is 7.99. The summed E-state index contributed by atoms with van der Waals surface area (Å²) >= 11 is 1.76. The fourth-order valence-corrected chi connectivity index (χ4v) is 5.42. The number of hydrogen-bond donors (Lipinski definition) is 4. The molecular weight excluding hydrogens is 528 g/mol. The number of rotatable bonds is 13. The largest absolute Gasteiger partial charge is 0.392 e. The first-order valence-electron chi connectivity index (χ1n) is 13.5. The Morgan fingerprint density at radius 1 is 0.825 bits per heavy atom. The summed E-state index contributed by atoms with van der Waals surface area (Å²) < 4.78 is 12.8. The summed E-state index contributed by atoms with van der Waals surface area (Å²) in [5.41, 5.74) is 5.07. The maximum absolute atomic E-state index is 12.3. The van der Waals surface area contributed by atoms with Crippen molar-refractivity contribution in [2.24, 2.45) is 0 Å². The van der Waals surface area contributed by atoms with Crippen LogP contribution < -0.4 is 10.8 Å². The van der Waals surface area contributed by atoms with Gasteiger partial charge in [0.25, 0.3) is 0 Å². The van der Waals surface area contributed by atoms with Crippen molar-refractivity contribution < 1.29 is 29.4 Å². The van der Waals surface area contributed by atoms with Crippen molar-refractivity contribution in [2.75, 3.05) is 11.1 Å². The zero-order valence-electron chi connectivity index (χ0n) is 22.3. The molecule has 1 aliphatic heterocycles. The van der Waals surface area contributed by atoms with Crippen LogP contribution >= 0.6 is 11.8 Å². The van der Waals surface area contributed by atoms with Gasteiger partial charge in [-0.25, -0.2) is 5.48 Å². The van der Waals surface area contributed by atoms with Gasteiger partial charge in [-0.2, -0.15) is 0 Å². The number of aliphatic hydroxyl groups is 1. The highest BCUT2D eigenvalue weighted by Crippen LogP contribution is 2.39. The van der Waals surface area contributed by atoms with E-state index in [1.807, 2.05) is 66.7 Å². The first-order chi connectivity index (χ1) is 19.5. The molecule has 0 saturated carbocycles. The summed E-state index contributed by atoms with van der Waals surface area (Å²) in [6.45, 7) is 0.000118. The van der Waals surface area contributed by atoms with Gasteiger partial charge in [-0.3, -0.25) is 14.8 Å². The predicted octanol–water partition coefficient (Wildman–Crippen LogP) is 5.91. The number of hydrogen-bond acceptors (Lipinski definition) is 7. The smallest absolute Gasteiger partial charge is 0.243 e. The molecule has 0 aliphatic carbocycles. The summed E-state index contributed by atoms with van der Waals surface area (Å²) in [5, 5.41) is 20.9. The lowest BCUT2D eigenvalue weighted by molar-refractivity contribution is -0.245. The molecule has 3 atom stereocenters. The zero-order valence-corrected chi connectivity index (χ0v) is 23.1. The molecule has 4 rings (SSSR count). The van der Waals surface area contributed by atoms with Gasteiger partial charge in [-0.1, -0.05) is 61.0 Å². The molecule has 1 heterocycles. The van der Waals surface area contributed by atoms with E-state index in [-0.39, 0.29) is 31.1 Å². The molecule has 9 heteroatoms. The highest BCUT2D eigenvalue weighted by atomic mass is 32.2. The Balaban J connectivity index is 1.36. The zero-order chi connectivity index (χ0) is 28.2. The third-order valence-electron chi connectivity index (χ3n) is 6.69. The predicted molar refractivity (Wildman–Crippen MR) is 154 cm³/mol. The first-order valence-corrected chi connectivity index (χ1v) is 14.5. The van der Waals surface area contributed by atoms with Crippen LogP contribution in [0.1, 0.15) is 67.6 Å². The molecule has 0 bridgehead atoms. The molecule has 40 heavy (non-hydrogen) atoms. The van der Waals surface area contributed by atoms with E-state index in [1.54, 1.807) is 17.2 Å². The number of nitrogens with one attached hydrogen (secondary N) is 2. The Bertz CT molecular complexity index is 1210. The van der Waals surface area contributed by atoms with E-state index in [0.29, 0.717) is 31.4 Å². The lowest BCUT2D eigenvalue weighted by Gasteiger charge is -2.36. The molecule has 212 valence electrons. The van der Waals surface area contributed by atoms with Crippen molar-refractivity contribution in [1.29, 1.82) is 0 Å². The Labute approximate surface area is 239 Å². The highest BCUT2D eigenvalue weighted by Gasteiger charge is 2.32. The molecule has 8 nitrogen and oxygen atoms in total. The van der Waals surface area contributed by atoms with Crippen LogP contribution in [0.4, 0.5) is 5.69 Å². The standard InChI is InChI=1S/C31H36N2O6S/c34-20-22-11-13-23(14-12-22)28-19-26(21-40-27-7-3-1-4-8-27)38-31(39-28)24-15-17-25(18-16-24)32-29(35)9-5-2-6-10-30(36)33-37/h1,3-4,7-8,11-18,26,28,31,34,37H,2,5-6,9-10,19-21H2,(H,32,35)(H,33,36). The van der Waals surface area contributed by atoms with E-state index in [0.717, 1.165) is 28.9 Å². The first kappa shape index (κ1) is 29.8. The number of thioether (sulfide) groups is 1. The van der Waals surface area contributed by atoms with Crippen molar-refractivity contribution in [2.45, 2.75) is 68.5 Å². The minimum Gasteiger partial charge on any atom is -0.392 e. The summed E-state index contributed by atoms with van der Waals surface area (Å²) in [4.78, 5) is 24.6. The van der Waals surface area contributed by atoms with Crippen LogP contribution in [-0.4, -0.2) is 34.0 Å². The second kappa shape index (κ2) is 15.5. The Hall–Kier alpha value is -3.21. The lowest BCUT2D eigenvalue weighted by atomic mass is 10.0. The minimum atomic E-state index is -0.557. The van der Waals surface area contributed by atoms with Gasteiger partial charge >= 0.3 is 0 Å². The normalized spacial score (nSPS) is 18.7. The molecule has 0 aromatic heterocycles. The fourth-order valence-electron chi connectivity index (χ4n) is 4.48. The third kappa shape index (κ3) is 9.18. The Morgan fingerprint density at radius 2 is 1.50 bits per heavy atom. The van der Waals surface area contributed by atoms with Gasteiger partial charge in [0.1, 0.15) is 0 Å². The molecule has 0 radical (unpaired) electrons. The molecular formula is C31H36N2O6S. The second-order valence-electron chi connectivity index (χ2n) is 9.74. The molecule has 1 saturated heterocycles. The van der Waals surface area contributed by atoms with Crippen LogP contribution in [0.25, 0.3) is 0 Å². The molecule has 2 amide bonds. The maximum atomic E-state index is 12.3. The van der Waals surface area contributed by atoms with Gasteiger partial charge in [-0.15, -0.1) is 11.8 Å². The molecule has 0 spiro atoms. The number of benzene rings is 3. The number of carbonyl (C=O) groups is 2. The number of unbranched alkanes of at least 4 members (excludes halogenated alkanes) is 2. The van der Waals surface area contributed by atoms with Crippen LogP contribution in [0.3, 0.4) is 0 Å². The maximum Gasteiger partial charge on any atom is 0.243 e. The van der Waals surface area contributed by atoms with Gasteiger partial charge in [0.15, 0.2) is 6.29 Å². The quantitative estimate of drug-likeness (QED) is 0.0882. The van der Waals surface area contributed by atoms with Crippen molar-refractivity contribution in [3.8, 4) is 0 Å². The molecule has 1 fully saturated rings. The lowest BCUT2D eigenvalue weighted by Crippen LogP contribution is -2.31. The Kier molecular flexibility index (Phi) is 11.6. The fraction of sp³-hybridized carbons (Fsp3) is 0.355. The van der Waals surface area contributed by atoms with Crippen LogP contribution in [0.5, 0.6) is 0 Å². The van der Waals surface area contributed by atoms with E-state index < -0.39 is 12.2 Å². The van der Waals surface area contributed by atoms with Crippen molar-refractivity contribution >= 4 is 29.3 Å². The molecule has 3 aromatic carbocycles. The minimum absolute atomic E-state index is 0.000118. The van der Waals surface area contributed by atoms with E-state index in [2.05, 4.69) is 17.4 Å². The van der Waals surface area contributed by atoms with Crippen molar-refractivity contribution in [1.82, 2.24) is 5.48 Å². The average molecular weight is 565 g/mol. The van der Waals surface area contributed by atoms with Crippen LogP contribution in [0.2, 0.25) is 0 Å². The number of anilines is 1. The summed E-state index contributed by atoms with van der Waals surface area (Å²) in [6.07, 6.45) is 2.57.